The van der Waals surface area contributed by atoms with Crippen molar-refractivity contribution in [3.05, 3.63) is 52.5 Å². The Balaban J connectivity index is 1.98. The Hall–Kier alpha value is -1.91. The molecule has 2 aromatic rings. The zero-order chi connectivity index (χ0) is 16.8. The number of halogens is 2. The number of ether oxygens (including phenoxy) is 1. The van der Waals surface area contributed by atoms with E-state index in [1.54, 1.807) is 18.2 Å². The maximum atomic E-state index is 12.1. The monoisotopic (exact) mass is 352 g/mol. The van der Waals surface area contributed by atoms with Gasteiger partial charge in [0.25, 0.3) is 0 Å². The molecule has 1 amide bonds. The normalized spacial score (nSPS) is 10.5. The highest BCUT2D eigenvalue weighted by Crippen LogP contribution is 2.29. The lowest BCUT2D eigenvalue weighted by Crippen LogP contribution is -2.22. The summed E-state index contributed by atoms with van der Waals surface area (Å²) >= 11 is 12.0. The van der Waals surface area contributed by atoms with Gasteiger partial charge in [-0.3, -0.25) is 4.79 Å². The van der Waals surface area contributed by atoms with Crippen LogP contribution in [0.4, 0.5) is 11.4 Å². The van der Waals surface area contributed by atoms with Crippen LogP contribution in [0.2, 0.25) is 10.0 Å². The number of hydrogen-bond donors (Lipinski definition) is 2. The van der Waals surface area contributed by atoms with Crippen molar-refractivity contribution in [2.75, 3.05) is 17.2 Å². The smallest absolute Gasteiger partial charge is 0.243 e. The third kappa shape index (κ3) is 5.05. The zero-order valence-corrected chi connectivity index (χ0v) is 14.4. The van der Waals surface area contributed by atoms with E-state index in [0.29, 0.717) is 21.5 Å². The number of rotatable bonds is 6. The van der Waals surface area contributed by atoms with E-state index in [9.17, 15) is 4.79 Å². The summed E-state index contributed by atoms with van der Waals surface area (Å²) in [4.78, 5) is 12.1. The van der Waals surface area contributed by atoms with Crippen molar-refractivity contribution in [2.24, 2.45) is 0 Å². The second-order valence-corrected chi connectivity index (χ2v) is 5.95. The summed E-state index contributed by atoms with van der Waals surface area (Å²) in [7, 11) is 0. The van der Waals surface area contributed by atoms with Crippen LogP contribution in [-0.4, -0.2) is 18.6 Å². The van der Waals surface area contributed by atoms with Gasteiger partial charge in [0.1, 0.15) is 5.75 Å². The molecule has 6 heteroatoms. The molecule has 0 atom stereocenters. The topological polar surface area (TPSA) is 50.4 Å². The van der Waals surface area contributed by atoms with Crippen LogP contribution in [0.5, 0.6) is 5.75 Å². The van der Waals surface area contributed by atoms with Crippen LogP contribution >= 0.6 is 23.2 Å². The predicted molar refractivity (Wildman–Crippen MR) is 95.8 cm³/mol. The lowest BCUT2D eigenvalue weighted by Gasteiger charge is -2.15. The number of nitrogens with one attached hydrogen (secondary N) is 2. The van der Waals surface area contributed by atoms with Gasteiger partial charge in [0, 0.05) is 0 Å². The van der Waals surface area contributed by atoms with Crippen molar-refractivity contribution in [1.82, 2.24) is 0 Å². The van der Waals surface area contributed by atoms with Gasteiger partial charge >= 0.3 is 0 Å². The minimum absolute atomic E-state index is 0.0528. The highest BCUT2D eigenvalue weighted by Gasteiger charge is 2.10. The molecule has 2 rings (SSSR count). The van der Waals surface area contributed by atoms with Gasteiger partial charge in [0.2, 0.25) is 5.91 Å². The van der Waals surface area contributed by atoms with Crippen LogP contribution in [0.3, 0.4) is 0 Å². The van der Waals surface area contributed by atoms with Crippen molar-refractivity contribution in [2.45, 2.75) is 20.0 Å². The highest BCUT2D eigenvalue weighted by molar-refractivity contribution is 6.44. The molecule has 0 aliphatic carbocycles. The van der Waals surface area contributed by atoms with E-state index in [0.717, 1.165) is 5.69 Å². The molecule has 0 saturated heterocycles. The standard InChI is InChI=1S/C17H18Cl2N2O2/c1-11(2)23-15-9-4-3-7-13(15)20-10-16(22)21-14-8-5-6-12(18)17(14)19/h3-9,11,20H,10H2,1-2H3,(H,21,22). The van der Waals surface area contributed by atoms with Gasteiger partial charge in [-0.15, -0.1) is 0 Å². The van der Waals surface area contributed by atoms with Crippen molar-refractivity contribution in [3.8, 4) is 5.75 Å². The van der Waals surface area contributed by atoms with Crippen molar-refractivity contribution >= 4 is 40.5 Å². The number of hydrogen-bond acceptors (Lipinski definition) is 3. The molecule has 2 N–H and O–H groups in total. The summed E-state index contributed by atoms with van der Waals surface area (Å²) in [6.45, 7) is 3.98. The van der Waals surface area contributed by atoms with Gasteiger partial charge in [-0.2, -0.15) is 0 Å². The number of benzene rings is 2. The maximum absolute atomic E-state index is 12.1. The Bertz CT molecular complexity index is 690. The van der Waals surface area contributed by atoms with Crippen LogP contribution in [0.25, 0.3) is 0 Å². The predicted octanol–water partition coefficient (Wildman–Crippen LogP) is 4.83. The Labute approximate surface area is 145 Å². The molecule has 0 aliphatic rings. The Morgan fingerprint density at radius 1 is 1.09 bits per heavy atom. The molecule has 23 heavy (non-hydrogen) atoms. The van der Waals surface area contributed by atoms with Crippen molar-refractivity contribution < 1.29 is 9.53 Å². The highest BCUT2D eigenvalue weighted by atomic mass is 35.5. The number of para-hydroxylation sites is 2. The van der Waals surface area contributed by atoms with E-state index in [2.05, 4.69) is 10.6 Å². The number of amides is 1. The molecule has 0 fully saturated rings. The second-order valence-electron chi connectivity index (χ2n) is 5.17. The van der Waals surface area contributed by atoms with Crippen molar-refractivity contribution in [3.63, 3.8) is 0 Å². The van der Waals surface area contributed by atoms with Crippen LogP contribution in [0.15, 0.2) is 42.5 Å². The average Bonchev–Trinajstić information content (AvgIpc) is 2.50. The zero-order valence-electron chi connectivity index (χ0n) is 12.9. The van der Waals surface area contributed by atoms with Gasteiger partial charge in [-0.05, 0) is 38.1 Å². The Morgan fingerprint density at radius 3 is 2.52 bits per heavy atom. The molecule has 2 aromatic carbocycles. The van der Waals surface area contributed by atoms with Gasteiger partial charge in [0.05, 0.1) is 34.1 Å². The first-order chi connectivity index (χ1) is 11.0. The first-order valence-corrected chi connectivity index (χ1v) is 7.96. The molecule has 0 aliphatic heterocycles. The van der Waals surface area contributed by atoms with Crippen LogP contribution in [0.1, 0.15) is 13.8 Å². The van der Waals surface area contributed by atoms with E-state index in [-0.39, 0.29) is 18.6 Å². The molecule has 0 radical (unpaired) electrons. The van der Waals surface area contributed by atoms with Gasteiger partial charge in [-0.25, -0.2) is 0 Å². The van der Waals surface area contributed by atoms with E-state index < -0.39 is 0 Å². The van der Waals surface area contributed by atoms with Gasteiger partial charge in [0.15, 0.2) is 0 Å². The van der Waals surface area contributed by atoms with Crippen molar-refractivity contribution in [1.29, 1.82) is 0 Å². The minimum Gasteiger partial charge on any atom is -0.489 e. The summed E-state index contributed by atoms with van der Waals surface area (Å²) in [6, 6.07) is 12.6. The SMILES string of the molecule is CC(C)Oc1ccccc1NCC(=O)Nc1cccc(Cl)c1Cl. The fourth-order valence-corrected chi connectivity index (χ4v) is 2.29. The molecule has 0 heterocycles. The van der Waals surface area contributed by atoms with E-state index in [1.807, 2.05) is 38.1 Å². The molecule has 0 saturated carbocycles. The van der Waals surface area contributed by atoms with E-state index in [4.69, 9.17) is 27.9 Å². The summed E-state index contributed by atoms with van der Waals surface area (Å²) in [5, 5.41) is 6.50. The maximum Gasteiger partial charge on any atom is 0.243 e. The summed E-state index contributed by atoms with van der Waals surface area (Å²) in [5.74, 6) is 0.476. The summed E-state index contributed by atoms with van der Waals surface area (Å²) < 4.78 is 5.70. The van der Waals surface area contributed by atoms with Crippen LogP contribution in [-0.2, 0) is 4.79 Å². The first-order valence-electron chi connectivity index (χ1n) is 7.21. The molecule has 122 valence electrons. The molecule has 0 spiro atoms. The fraction of sp³-hybridized carbons (Fsp3) is 0.235. The summed E-state index contributed by atoms with van der Waals surface area (Å²) in [6.07, 6.45) is 0.0528. The van der Waals surface area contributed by atoms with Crippen LogP contribution < -0.4 is 15.4 Å². The second kappa shape index (κ2) is 8.09. The van der Waals surface area contributed by atoms with Crippen LogP contribution in [0, 0.1) is 0 Å². The molecule has 0 bridgehead atoms. The van der Waals surface area contributed by atoms with Gasteiger partial charge < -0.3 is 15.4 Å². The molecule has 0 aromatic heterocycles. The fourth-order valence-electron chi connectivity index (χ4n) is 1.94. The summed E-state index contributed by atoms with van der Waals surface area (Å²) in [5.41, 5.74) is 1.24. The molecule has 4 nitrogen and oxygen atoms in total. The Kier molecular flexibility index (Phi) is 6.13. The molecular weight excluding hydrogens is 335 g/mol. The van der Waals surface area contributed by atoms with Gasteiger partial charge in [-0.1, -0.05) is 41.4 Å². The average molecular weight is 353 g/mol. The molecule has 0 unspecified atom stereocenters. The quantitative estimate of drug-likeness (QED) is 0.782. The first kappa shape index (κ1) is 17.4. The number of carbonyl (C=O) groups is 1. The third-order valence-corrected chi connectivity index (χ3v) is 3.73. The van der Waals surface area contributed by atoms with E-state index >= 15 is 0 Å². The third-order valence-electron chi connectivity index (χ3n) is 2.91. The lowest BCUT2D eigenvalue weighted by molar-refractivity contribution is -0.114. The number of anilines is 2. The lowest BCUT2D eigenvalue weighted by atomic mass is 10.3. The number of carbonyl (C=O) groups excluding carboxylic acids is 1. The largest absolute Gasteiger partial charge is 0.489 e. The Morgan fingerprint density at radius 2 is 1.78 bits per heavy atom. The minimum atomic E-state index is -0.228. The van der Waals surface area contributed by atoms with E-state index in [1.165, 1.54) is 0 Å². The molecular formula is C17H18Cl2N2O2.